The number of alkyl halides is 3. The Bertz CT molecular complexity index is 814. The van der Waals surface area contributed by atoms with Crippen molar-refractivity contribution in [1.82, 2.24) is 0 Å². The maximum absolute atomic E-state index is 12.8. The average molecular weight is 356 g/mol. The summed E-state index contributed by atoms with van der Waals surface area (Å²) in [7, 11) is 0. The largest absolute Gasteiger partial charge is 0.444 e. The van der Waals surface area contributed by atoms with Gasteiger partial charge in [-0.1, -0.05) is 0 Å². The van der Waals surface area contributed by atoms with Crippen LogP contribution < -0.4 is 4.74 Å². The van der Waals surface area contributed by atoms with Gasteiger partial charge in [-0.15, -0.1) is 0 Å². The van der Waals surface area contributed by atoms with E-state index in [2.05, 4.69) is 0 Å². The van der Waals surface area contributed by atoms with Crippen LogP contribution in [0.4, 0.5) is 24.5 Å². The van der Waals surface area contributed by atoms with Crippen LogP contribution in [0.15, 0.2) is 36.4 Å². The molecule has 0 aromatic heterocycles. The molecular weight excluding hydrogens is 349 g/mol. The Balaban J connectivity index is 2.62. The van der Waals surface area contributed by atoms with E-state index in [1.165, 1.54) is 24.3 Å². The third kappa shape index (κ3) is 3.88. The van der Waals surface area contributed by atoms with E-state index in [4.69, 9.17) is 4.74 Å². The van der Waals surface area contributed by atoms with Crippen molar-refractivity contribution in [2.24, 2.45) is 0 Å². The third-order valence-corrected chi connectivity index (χ3v) is 3.01. The number of halogens is 3. The van der Waals surface area contributed by atoms with E-state index < -0.39 is 38.7 Å². The number of rotatable bonds is 5. The van der Waals surface area contributed by atoms with Crippen molar-refractivity contribution >= 4 is 17.7 Å². The number of carbonyl (C=O) groups excluding carboxylic acids is 1. The first kappa shape index (κ1) is 17.8. The van der Waals surface area contributed by atoms with Crippen molar-refractivity contribution in [3.63, 3.8) is 0 Å². The predicted molar refractivity (Wildman–Crippen MR) is 76.7 cm³/mol. The van der Waals surface area contributed by atoms with E-state index >= 15 is 0 Å². The lowest BCUT2D eigenvalue weighted by Gasteiger charge is -2.10. The normalized spacial score (nSPS) is 11.0. The van der Waals surface area contributed by atoms with Gasteiger partial charge in [-0.2, -0.15) is 13.2 Å². The van der Waals surface area contributed by atoms with Crippen LogP contribution in [0, 0.1) is 20.2 Å². The maximum atomic E-state index is 12.8. The van der Waals surface area contributed by atoms with E-state index in [-0.39, 0.29) is 23.4 Å². The molecule has 0 aliphatic rings. The molecule has 0 fully saturated rings. The van der Waals surface area contributed by atoms with Crippen LogP contribution >= 0.6 is 0 Å². The zero-order valence-electron chi connectivity index (χ0n) is 12.0. The number of aldehydes is 1. The lowest BCUT2D eigenvalue weighted by Crippen LogP contribution is -2.08. The molecule has 0 amide bonds. The highest BCUT2D eigenvalue weighted by Crippen LogP contribution is 2.44. The third-order valence-electron chi connectivity index (χ3n) is 3.01. The van der Waals surface area contributed by atoms with Gasteiger partial charge in [0.05, 0.1) is 15.4 Å². The van der Waals surface area contributed by atoms with Crippen LogP contribution in [-0.4, -0.2) is 16.1 Å². The van der Waals surface area contributed by atoms with E-state index in [9.17, 15) is 38.2 Å². The fourth-order valence-corrected chi connectivity index (χ4v) is 1.87. The number of nitro groups is 2. The molecule has 0 bridgehead atoms. The predicted octanol–water partition coefficient (Wildman–Crippen LogP) is 4.13. The topological polar surface area (TPSA) is 113 Å². The van der Waals surface area contributed by atoms with Crippen LogP contribution in [0.25, 0.3) is 0 Å². The molecule has 2 aromatic rings. The van der Waals surface area contributed by atoms with Crippen LogP contribution in [-0.2, 0) is 6.18 Å². The molecule has 0 N–H and O–H groups in total. The maximum Gasteiger partial charge on any atom is 0.416 e. The van der Waals surface area contributed by atoms with Crippen LogP contribution in [0.5, 0.6) is 11.5 Å². The summed E-state index contributed by atoms with van der Waals surface area (Å²) in [5.41, 5.74) is -3.72. The van der Waals surface area contributed by atoms with Gasteiger partial charge in [-0.25, -0.2) is 0 Å². The molecule has 2 rings (SSSR count). The Morgan fingerprint density at radius 1 is 0.960 bits per heavy atom. The number of carbonyl (C=O) groups is 1. The molecule has 0 atom stereocenters. The summed E-state index contributed by atoms with van der Waals surface area (Å²) in [4.78, 5) is 30.3. The van der Waals surface area contributed by atoms with Gasteiger partial charge in [0.15, 0.2) is 0 Å². The second-order valence-corrected chi connectivity index (χ2v) is 4.64. The van der Waals surface area contributed by atoms with Crippen molar-refractivity contribution in [1.29, 1.82) is 0 Å². The summed E-state index contributed by atoms with van der Waals surface area (Å²) in [6.07, 6.45) is -4.51. The molecule has 0 aliphatic heterocycles. The number of nitro benzene ring substituents is 2. The summed E-state index contributed by atoms with van der Waals surface area (Å²) >= 11 is 0. The molecule has 0 aliphatic carbocycles. The van der Waals surface area contributed by atoms with Crippen molar-refractivity contribution in [3.05, 3.63) is 67.8 Å². The molecule has 0 radical (unpaired) electrons. The zero-order valence-corrected chi connectivity index (χ0v) is 12.0. The minimum Gasteiger partial charge on any atom is -0.444 e. The van der Waals surface area contributed by atoms with Crippen molar-refractivity contribution in [2.45, 2.75) is 6.18 Å². The molecule has 2 aromatic carbocycles. The molecule has 0 saturated carbocycles. The number of benzene rings is 2. The summed E-state index contributed by atoms with van der Waals surface area (Å²) in [6, 6.07) is 5.22. The zero-order chi connectivity index (χ0) is 18.8. The van der Waals surface area contributed by atoms with E-state index in [1.54, 1.807) is 0 Å². The Hall–Kier alpha value is -3.50. The number of hydrogen-bond donors (Lipinski definition) is 0. The number of nitrogens with zero attached hydrogens (tertiary/aromatic N) is 2. The second-order valence-electron chi connectivity index (χ2n) is 4.64. The first-order chi connectivity index (χ1) is 11.6. The van der Waals surface area contributed by atoms with Crippen LogP contribution in [0.1, 0.15) is 15.9 Å². The fraction of sp³-hybridized carbons (Fsp3) is 0.0714. The summed E-state index contributed by atoms with van der Waals surface area (Å²) < 4.78 is 43.5. The summed E-state index contributed by atoms with van der Waals surface area (Å²) in [5.74, 6) is -1.07. The Kier molecular flexibility index (Phi) is 4.68. The highest BCUT2D eigenvalue weighted by molar-refractivity contribution is 5.75. The molecule has 0 heterocycles. The SMILES string of the molecule is O=Cc1ccc(Oc2c([N+](=O)[O-])cc(C(F)(F)F)cc2[N+](=O)[O-])cc1. The first-order valence-corrected chi connectivity index (χ1v) is 6.40. The number of hydrogen-bond acceptors (Lipinski definition) is 6. The minimum atomic E-state index is -5.01. The van der Waals surface area contributed by atoms with Gasteiger partial charge in [0, 0.05) is 17.7 Å². The van der Waals surface area contributed by atoms with Crippen LogP contribution in [0.2, 0.25) is 0 Å². The Morgan fingerprint density at radius 3 is 1.80 bits per heavy atom. The molecule has 130 valence electrons. The van der Waals surface area contributed by atoms with Gasteiger partial charge in [0.25, 0.3) is 5.75 Å². The molecule has 25 heavy (non-hydrogen) atoms. The molecular formula is C14H7F3N2O6. The van der Waals surface area contributed by atoms with Gasteiger partial charge in [-0.3, -0.25) is 25.0 Å². The number of ether oxygens (including phenoxy) is 1. The van der Waals surface area contributed by atoms with E-state index in [0.29, 0.717) is 6.29 Å². The molecule has 0 spiro atoms. The fourth-order valence-electron chi connectivity index (χ4n) is 1.87. The van der Waals surface area contributed by atoms with E-state index in [1.807, 2.05) is 0 Å². The monoisotopic (exact) mass is 356 g/mol. The second kappa shape index (κ2) is 6.55. The molecule has 0 saturated heterocycles. The van der Waals surface area contributed by atoms with Gasteiger partial charge in [0.2, 0.25) is 0 Å². The summed E-state index contributed by atoms with van der Waals surface area (Å²) in [6.45, 7) is 0. The van der Waals surface area contributed by atoms with Crippen LogP contribution in [0.3, 0.4) is 0 Å². The Labute approximate surface area is 136 Å². The molecule has 11 heteroatoms. The standard InChI is InChI=1S/C14H7F3N2O6/c15-14(16,17)9-5-11(18(21)22)13(12(6-9)19(23)24)25-10-3-1-8(7-20)2-4-10/h1-7H. The smallest absolute Gasteiger partial charge is 0.416 e. The van der Waals surface area contributed by atoms with Crippen molar-refractivity contribution in [2.75, 3.05) is 0 Å². The van der Waals surface area contributed by atoms with Crippen molar-refractivity contribution in [3.8, 4) is 11.5 Å². The quantitative estimate of drug-likeness (QED) is 0.452. The van der Waals surface area contributed by atoms with Gasteiger partial charge < -0.3 is 4.74 Å². The lowest BCUT2D eigenvalue weighted by atomic mass is 10.1. The van der Waals surface area contributed by atoms with Gasteiger partial charge in [0.1, 0.15) is 12.0 Å². The van der Waals surface area contributed by atoms with E-state index in [0.717, 1.165) is 0 Å². The minimum absolute atomic E-state index is 0.128. The summed E-state index contributed by atoms with van der Waals surface area (Å²) in [5, 5.41) is 22.1. The van der Waals surface area contributed by atoms with Gasteiger partial charge in [-0.05, 0) is 24.3 Å². The highest BCUT2D eigenvalue weighted by Gasteiger charge is 2.38. The Morgan fingerprint density at radius 2 is 1.44 bits per heavy atom. The highest BCUT2D eigenvalue weighted by atomic mass is 19.4. The van der Waals surface area contributed by atoms with Gasteiger partial charge >= 0.3 is 17.6 Å². The average Bonchev–Trinajstić information content (AvgIpc) is 2.54. The first-order valence-electron chi connectivity index (χ1n) is 6.40. The molecule has 0 unspecified atom stereocenters. The molecule has 8 nitrogen and oxygen atoms in total. The van der Waals surface area contributed by atoms with Crippen molar-refractivity contribution < 1.29 is 32.5 Å². The lowest BCUT2D eigenvalue weighted by molar-refractivity contribution is -0.396.